The lowest BCUT2D eigenvalue weighted by molar-refractivity contribution is -0.149. The Balaban J connectivity index is 2.83. The molecule has 14 heavy (non-hydrogen) atoms. The lowest BCUT2D eigenvalue weighted by Crippen LogP contribution is -2.36. The summed E-state index contributed by atoms with van der Waals surface area (Å²) in [5.74, 6) is -0.609. The molecule has 0 aliphatic carbocycles. The third-order valence-corrected chi connectivity index (χ3v) is 2.56. The van der Waals surface area contributed by atoms with E-state index in [0.717, 1.165) is 0 Å². The molecule has 1 aromatic heterocycles. The van der Waals surface area contributed by atoms with Gasteiger partial charge in [0.1, 0.15) is 0 Å². The zero-order valence-electron chi connectivity index (χ0n) is 8.37. The van der Waals surface area contributed by atoms with Gasteiger partial charge in [-0.3, -0.25) is 9.59 Å². The third-order valence-electron chi connectivity index (χ3n) is 1.69. The van der Waals surface area contributed by atoms with Crippen molar-refractivity contribution in [2.24, 2.45) is 0 Å². The molecule has 4 heteroatoms. The molecule has 0 unspecified atom stereocenters. The number of thiophene rings is 1. The van der Waals surface area contributed by atoms with Crippen molar-refractivity contribution in [3.63, 3.8) is 0 Å². The molecule has 0 aliphatic rings. The molecule has 0 amide bonds. The van der Waals surface area contributed by atoms with Crippen LogP contribution in [-0.2, 0) is 9.53 Å². The normalized spacial score (nSPS) is 11.1. The van der Waals surface area contributed by atoms with E-state index < -0.39 is 11.6 Å². The van der Waals surface area contributed by atoms with Crippen LogP contribution in [0.4, 0.5) is 0 Å². The molecular weight excluding hydrogens is 200 g/mol. The highest BCUT2D eigenvalue weighted by atomic mass is 32.1. The number of ether oxygens (including phenoxy) is 1. The highest BCUT2D eigenvalue weighted by Gasteiger charge is 2.32. The first kappa shape index (κ1) is 10.9. The minimum atomic E-state index is -1.07. The highest BCUT2D eigenvalue weighted by molar-refractivity contribution is 7.12. The Morgan fingerprint density at radius 1 is 1.43 bits per heavy atom. The van der Waals surface area contributed by atoms with Crippen LogP contribution in [-0.4, -0.2) is 17.4 Å². The van der Waals surface area contributed by atoms with Gasteiger partial charge in [-0.15, -0.1) is 11.3 Å². The standard InChI is InChI=1S/C10H12O3S/c1-7(11)13-10(2,3)9(12)8-5-4-6-14-8/h4-6H,1-3H3. The molecule has 0 N–H and O–H groups in total. The molecule has 0 saturated carbocycles. The van der Waals surface area contributed by atoms with Crippen LogP contribution >= 0.6 is 11.3 Å². The Morgan fingerprint density at radius 3 is 2.50 bits per heavy atom. The SMILES string of the molecule is CC(=O)OC(C)(C)C(=O)c1cccs1. The summed E-state index contributed by atoms with van der Waals surface area (Å²) in [6, 6.07) is 3.51. The van der Waals surface area contributed by atoms with Crippen LogP contribution in [0.2, 0.25) is 0 Å². The average Bonchev–Trinajstić information content (AvgIpc) is 2.51. The van der Waals surface area contributed by atoms with Crippen LogP contribution in [0.3, 0.4) is 0 Å². The molecule has 76 valence electrons. The van der Waals surface area contributed by atoms with Gasteiger partial charge in [-0.2, -0.15) is 0 Å². The fourth-order valence-electron chi connectivity index (χ4n) is 1.11. The number of esters is 1. The summed E-state index contributed by atoms with van der Waals surface area (Å²) in [5.41, 5.74) is -1.07. The summed E-state index contributed by atoms with van der Waals surface area (Å²) >= 11 is 1.34. The van der Waals surface area contributed by atoms with Gasteiger partial charge in [0.2, 0.25) is 5.78 Å². The molecule has 0 fully saturated rings. The summed E-state index contributed by atoms with van der Waals surface area (Å²) in [6.45, 7) is 4.48. The molecule has 0 atom stereocenters. The maximum Gasteiger partial charge on any atom is 0.303 e. The van der Waals surface area contributed by atoms with Crippen LogP contribution in [0, 0.1) is 0 Å². The Hall–Kier alpha value is -1.16. The van der Waals surface area contributed by atoms with Crippen LogP contribution in [0.1, 0.15) is 30.4 Å². The van der Waals surface area contributed by atoms with Crippen molar-refractivity contribution in [1.29, 1.82) is 0 Å². The average molecular weight is 212 g/mol. The number of carbonyl (C=O) groups excluding carboxylic acids is 2. The number of Topliss-reactive ketones (excluding diaryl/α,β-unsaturated/α-hetero) is 1. The molecule has 1 heterocycles. The van der Waals surface area contributed by atoms with Crippen LogP contribution in [0.25, 0.3) is 0 Å². The zero-order chi connectivity index (χ0) is 10.8. The Kier molecular flexibility index (Phi) is 3.06. The number of ketones is 1. The van der Waals surface area contributed by atoms with E-state index in [4.69, 9.17) is 4.74 Å². The zero-order valence-corrected chi connectivity index (χ0v) is 9.18. The molecule has 0 radical (unpaired) electrons. The molecule has 0 aromatic carbocycles. The van der Waals surface area contributed by atoms with E-state index in [9.17, 15) is 9.59 Å². The quantitative estimate of drug-likeness (QED) is 0.570. The maximum absolute atomic E-state index is 11.8. The molecule has 0 aliphatic heterocycles. The van der Waals surface area contributed by atoms with Crippen molar-refractivity contribution in [1.82, 2.24) is 0 Å². The van der Waals surface area contributed by atoms with E-state index in [2.05, 4.69) is 0 Å². The molecule has 1 rings (SSSR count). The van der Waals surface area contributed by atoms with E-state index in [0.29, 0.717) is 4.88 Å². The Bertz CT molecular complexity index is 338. The van der Waals surface area contributed by atoms with Crippen LogP contribution in [0.5, 0.6) is 0 Å². The molecule has 0 saturated heterocycles. The topological polar surface area (TPSA) is 43.4 Å². The number of hydrogen-bond donors (Lipinski definition) is 0. The number of carbonyl (C=O) groups is 2. The van der Waals surface area contributed by atoms with Crippen molar-refractivity contribution >= 4 is 23.1 Å². The van der Waals surface area contributed by atoms with Gasteiger partial charge < -0.3 is 4.74 Å². The summed E-state index contributed by atoms with van der Waals surface area (Å²) in [7, 11) is 0. The van der Waals surface area contributed by atoms with Gasteiger partial charge >= 0.3 is 5.97 Å². The van der Waals surface area contributed by atoms with Crippen molar-refractivity contribution in [2.45, 2.75) is 26.4 Å². The van der Waals surface area contributed by atoms with E-state index >= 15 is 0 Å². The van der Waals surface area contributed by atoms with Gasteiger partial charge in [-0.25, -0.2) is 0 Å². The first-order chi connectivity index (χ1) is 6.43. The first-order valence-corrected chi connectivity index (χ1v) is 5.09. The monoisotopic (exact) mass is 212 g/mol. The minimum Gasteiger partial charge on any atom is -0.451 e. The third kappa shape index (κ3) is 2.42. The van der Waals surface area contributed by atoms with Crippen molar-refractivity contribution in [2.75, 3.05) is 0 Å². The van der Waals surface area contributed by atoms with E-state index in [1.165, 1.54) is 18.3 Å². The van der Waals surface area contributed by atoms with Gasteiger partial charge in [0, 0.05) is 6.92 Å². The Labute approximate surface area is 86.7 Å². The summed E-state index contributed by atoms with van der Waals surface area (Å²) in [6.07, 6.45) is 0. The van der Waals surface area contributed by atoms with E-state index in [1.807, 2.05) is 5.38 Å². The summed E-state index contributed by atoms with van der Waals surface area (Å²) in [4.78, 5) is 23.2. The van der Waals surface area contributed by atoms with E-state index in [-0.39, 0.29) is 5.78 Å². The summed E-state index contributed by atoms with van der Waals surface area (Å²) in [5, 5.41) is 1.82. The number of hydrogen-bond acceptors (Lipinski definition) is 4. The molecule has 0 bridgehead atoms. The second-order valence-corrected chi connectivity index (χ2v) is 4.36. The van der Waals surface area contributed by atoms with Crippen molar-refractivity contribution in [3.8, 4) is 0 Å². The summed E-state index contributed by atoms with van der Waals surface area (Å²) < 4.78 is 4.94. The fourth-order valence-corrected chi connectivity index (χ4v) is 1.92. The smallest absolute Gasteiger partial charge is 0.303 e. The molecular formula is C10H12O3S. The molecule has 3 nitrogen and oxygen atoms in total. The first-order valence-electron chi connectivity index (χ1n) is 4.21. The van der Waals surface area contributed by atoms with Gasteiger partial charge in [-0.1, -0.05) is 6.07 Å². The molecule has 1 aromatic rings. The van der Waals surface area contributed by atoms with Crippen molar-refractivity contribution < 1.29 is 14.3 Å². The largest absolute Gasteiger partial charge is 0.451 e. The maximum atomic E-state index is 11.8. The van der Waals surface area contributed by atoms with E-state index in [1.54, 1.807) is 26.0 Å². The van der Waals surface area contributed by atoms with Crippen LogP contribution < -0.4 is 0 Å². The predicted octanol–water partition coefficient (Wildman–Crippen LogP) is 2.27. The lowest BCUT2D eigenvalue weighted by atomic mass is 10.0. The second-order valence-electron chi connectivity index (χ2n) is 3.41. The predicted molar refractivity (Wildman–Crippen MR) is 54.5 cm³/mol. The van der Waals surface area contributed by atoms with Gasteiger partial charge in [0.05, 0.1) is 4.88 Å². The highest BCUT2D eigenvalue weighted by Crippen LogP contribution is 2.20. The van der Waals surface area contributed by atoms with Crippen molar-refractivity contribution in [3.05, 3.63) is 22.4 Å². The van der Waals surface area contributed by atoms with Gasteiger partial charge in [0.25, 0.3) is 0 Å². The second kappa shape index (κ2) is 3.92. The Morgan fingerprint density at radius 2 is 2.07 bits per heavy atom. The fraction of sp³-hybridized carbons (Fsp3) is 0.400. The molecule has 0 spiro atoms. The van der Waals surface area contributed by atoms with Gasteiger partial charge in [0.15, 0.2) is 5.60 Å². The lowest BCUT2D eigenvalue weighted by Gasteiger charge is -2.21. The minimum absolute atomic E-state index is 0.164. The van der Waals surface area contributed by atoms with Gasteiger partial charge in [-0.05, 0) is 25.3 Å². The van der Waals surface area contributed by atoms with Crippen LogP contribution in [0.15, 0.2) is 17.5 Å². The number of rotatable bonds is 3.